The fourth-order valence-electron chi connectivity index (χ4n) is 3.99. The number of benzene rings is 3. The molecule has 5 nitrogen and oxygen atoms in total. The van der Waals surface area contributed by atoms with Crippen molar-refractivity contribution in [2.24, 2.45) is 0 Å². The summed E-state index contributed by atoms with van der Waals surface area (Å²) in [6.07, 6.45) is 2.02. The van der Waals surface area contributed by atoms with Gasteiger partial charge in [0.15, 0.2) is 17.5 Å². The molecule has 1 heterocycles. The third-order valence-corrected chi connectivity index (χ3v) is 5.86. The lowest BCUT2D eigenvalue weighted by molar-refractivity contribution is 0.307. The monoisotopic (exact) mass is 453 g/mol. The van der Waals surface area contributed by atoms with E-state index in [0.29, 0.717) is 35.4 Å². The van der Waals surface area contributed by atoms with Crippen molar-refractivity contribution in [2.45, 2.75) is 47.5 Å². The van der Waals surface area contributed by atoms with Gasteiger partial charge in [-0.25, -0.2) is 15.0 Å². The Balaban J connectivity index is 1.85. The largest absolute Gasteiger partial charge is 0.507 e. The Kier molecular flexibility index (Phi) is 6.92. The summed E-state index contributed by atoms with van der Waals surface area (Å²) in [6, 6.07) is 17.7. The average Bonchev–Trinajstić information content (AvgIpc) is 2.79. The first-order valence-electron chi connectivity index (χ1n) is 11.7. The second-order valence-corrected chi connectivity index (χ2v) is 8.82. The van der Waals surface area contributed by atoms with Gasteiger partial charge in [0.25, 0.3) is 0 Å². The zero-order valence-electron chi connectivity index (χ0n) is 20.5. The Morgan fingerprint density at radius 1 is 0.676 bits per heavy atom. The third-order valence-electron chi connectivity index (χ3n) is 5.86. The van der Waals surface area contributed by atoms with Crippen molar-refractivity contribution >= 4 is 0 Å². The minimum absolute atomic E-state index is 0.0818. The van der Waals surface area contributed by atoms with Gasteiger partial charge in [0.05, 0.1) is 12.2 Å². The van der Waals surface area contributed by atoms with Crippen molar-refractivity contribution in [3.05, 3.63) is 76.9 Å². The Morgan fingerprint density at radius 3 is 1.65 bits per heavy atom. The van der Waals surface area contributed by atoms with Crippen LogP contribution in [0.15, 0.2) is 54.6 Å². The quantitative estimate of drug-likeness (QED) is 0.305. The zero-order valence-corrected chi connectivity index (χ0v) is 20.5. The van der Waals surface area contributed by atoms with Crippen LogP contribution in [0.5, 0.6) is 11.5 Å². The molecule has 0 aliphatic heterocycles. The molecule has 0 unspecified atom stereocenters. The number of phenolic OH excluding ortho intramolecular Hbond substituents is 1. The van der Waals surface area contributed by atoms with Gasteiger partial charge < -0.3 is 9.84 Å². The molecular weight excluding hydrogens is 422 g/mol. The predicted octanol–water partition coefficient (Wildman–Crippen LogP) is 6.99. The minimum Gasteiger partial charge on any atom is -0.507 e. The number of rotatable bonds is 7. The molecule has 4 aromatic rings. The molecule has 4 rings (SSSR count). The van der Waals surface area contributed by atoms with Crippen LogP contribution in [-0.4, -0.2) is 26.7 Å². The minimum atomic E-state index is 0.0818. The lowest BCUT2D eigenvalue weighted by atomic mass is 10.0. The number of aromatic nitrogens is 3. The predicted molar refractivity (Wildman–Crippen MR) is 137 cm³/mol. The smallest absolute Gasteiger partial charge is 0.167 e. The Hall–Kier alpha value is -3.73. The van der Waals surface area contributed by atoms with Gasteiger partial charge in [-0.1, -0.05) is 60.9 Å². The Morgan fingerprint density at radius 2 is 1.18 bits per heavy atom. The van der Waals surface area contributed by atoms with E-state index in [9.17, 15) is 5.11 Å². The summed E-state index contributed by atoms with van der Waals surface area (Å²) in [5.74, 6) is 2.31. The van der Waals surface area contributed by atoms with Crippen LogP contribution >= 0.6 is 0 Å². The molecule has 0 saturated heterocycles. The van der Waals surface area contributed by atoms with Gasteiger partial charge in [0, 0.05) is 17.2 Å². The van der Waals surface area contributed by atoms with E-state index in [-0.39, 0.29) is 5.75 Å². The lowest BCUT2D eigenvalue weighted by Gasteiger charge is -2.13. The van der Waals surface area contributed by atoms with E-state index in [2.05, 4.69) is 58.9 Å². The van der Waals surface area contributed by atoms with Crippen molar-refractivity contribution in [1.82, 2.24) is 15.0 Å². The second-order valence-electron chi connectivity index (χ2n) is 8.82. The molecular formula is C29H31N3O2. The van der Waals surface area contributed by atoms with Crippen LogP contribution < -0.4 is 4.74 Å². The Labute approximate surface area is 201 Å². The molecule has 0 atom stereocenters. The average molecular weight is 454 g/mol. The number of phenols is 1. The molecule has 0 bridgehead atoms. The van der Waals surface area contributed by atoms with Gasteiger partial charge in [-0.2, -0.15) is 0 Å². The molecule has 34 heavy (non-hydrogen) atoms. The van der Waals surface area contributed by atoms with Gasteiger partial charge >= 0.3 is 0 Å². The molecule has 5 heteroatoms. The standard InChI is InChI=1S/C29H31N3O2/c1-6-7-14-34-22-10-13-25(26(33)17-22)29-31-27(23-11-8-18(2)15-20(23)4)30-28(32-29)24-12-9-19(3)16-21(24)5/h8-13,15-17,33H,6-7,14H2,1-5H3. The lowest BCUT2D eigenvalue weighted by Crippen LogP contribution is -2.02. The second kappa shape index (κ2) is 10.0. The van der Waals surface area contributed by atoms with Crippen molar-refractivity contribution < 1.29 is 9.84 Å². The van der Waals surface area contributed by atoms with Crippen LogP contribution in [0.2, 0.25) is 0 Å². The first kappa shape index (κ1) is 23.4. The number of aryl methyl sites for hydroxylation is 4. The number of hydrogen-bond acceptors (Lipinski definition) is 5. The van der Waals surface area contributed by atoms with Gasteiger partial charge in [-0.3, -0.25) is 0 Å². The number of ether oxygens (including phenoxy) is 1. The zero-order chi connectivity index (χ0) is 24.2. The maximum Gasteiger partial charge on any atom is 0.167 e. The molecule has 1 aromatic heterocycles. The van der Waals surface area contributed by atoms with Gasteiger partial charge in [-0.15, -0.1) is 0 Å². The van der Waals surface area contributed by atoms with Crippen LogP contribution in [0.3, 0.4) is 0 Å². The van der Waals surface area contributed by atoms with E-state index in [4.69, 9.17) is 19.7 Å². The fraction of sp³-hybridized carbons (Fsp3) is 0.276. The number of aromatic hydroxyl groups is 1. The van der Waals surface area contributed by atoms with E-state index < -0.39 is 0 Å². The molecule has 0 spiro atoms. The van der Waals surface area contributed by atoms with Crippen LogP contribution in [0.25, 0.3) is 34.2 Å². The molecule has 0 aliphatic rings. The van der Waals surface area contributed by atoms with E-state index in [1.165, 1.54) is 11.1 Å². The van der Waals surface area contributed by atoms with Gasteiger partial charge in [0.1, 0.15) is 11.5 Å². The molecule has 0 saturated carbocycles. The normalized spacial score (nSPS) is 11.0. The van der Waals surface area contributed by atoms with Crippen molar-refractivity contribution in [1.29, 1.82) is 0 Å². The summed E-state index contributed by atoms with van der Waals surface area (Å²) in [5, 5.41) is 10.8. The van der Waals surface area contributed by atoms with E-state index in [0.717, 1.165) is 35.1 Å². The fourth-order valence-corrected chi connectivity index (χ4v) is 3.99. The van der Waals surface area contributed by atoms with Crippen LogP contribution in [0.1, 0.15) is 42.0 Å². The molecule has 0 radical (unpaired) electrons. The maximum absolute atomic E-state index is 10.8. The number of hydrogen-bond donors (Lipinski definition) is 1. The highest BCUT2D eigenvalue weighted by atomic mass is 16.5. The van der Waals surface area contributed by atoms with Crippen molar-refractivity contribution in [3.63, 3.8) is 0 Å². The summed E-state index contributed by atoms with van der Waals surface area (Å²) in [4.78, 5) is 14.4. The summed E-state index contributed by atoms with van der Waals surface area (Å²) >= 11 is 0. The van der Waals surface area contributed by atoms with Crippen molar-refractivity contribution in [2.75, 3.05) is 6.61 Å². The first-order chi connectivity index (χ1) is 16.4. The summed E-state index contributed by atoms with van der Waals surface area (Å²) in [6.45, 7) is 11.0. The van der Waals surface area contributed by atoms with E-state index >= 15 is 0 Å². The highest BCUT2D eigenvalue weighted by molar-refractivity contribution is 5.72. The molecule has 0 aliphatic carbocycles. The highest BCUT2D eigenvalue weighted by Crippen LogP contribution is 2.34. The van der Waals surface area contributed by atoms with Gasteiger partial charge in [0.2, 0.25) is 0 Å². The summed E-state index contributed by atoms with van der Waals surface area (Å²) < 4.78 is 5.74. The van der Waals surface area contributed by atoms with Crippen molar-refractivity contribution in [3.8, 4) is 45.7 Å². The molecule has 0 fully saturated rings. The van der Waals surface area contributed by atoms with E-state index in [1.807, 2.05) is 24.3 Å². The topological polar surface area (TPSA) is 68.1 Å². The summed E-state index contributed by atoms with van der Waals surface area (Å²) in [5.41, 5.74) is 6.98. The number of nitrogens with zero attached hydrogens (tertiary/aromatic N) is 3. The molecule has 0 amide bonds. The Bertz CT molecular complexity index is 1260. The molecule has 174 valence electrons. The SMILES string of the molecule is CCCCOc1ccc(-c2nc(-c3ccc(C)cc3C)nc(-c3ccc(C)cc3C)n2)c(O)c1. The maximum atomic E-state index is 10.8. The van der Waals surface area contributed by atoms with Crippen LogP contribution in [0, 0.1) is 27.7 Å². The highest BCUT2D eigenvalue weighted by Gasteiger charge is 2.17. The third kappa shape index (κ3) is 5.09. The van der Waals surface area contributed by atoms with Crippen LogP contribution in [-0.2, 0) is 0 Å². The first-order valence-corrected chi connectivity index (χ1v) is 11.7. The molecule has 1 N–H and O–H groups in total. The van der Waals surface area contributed by atoms with E-state index in [1.54, 1.807) is 6.07 Å². The van der Waals surface area contributed by atoms with Gasteiger partial charge in [-0.05, 0) is 57.4 Å². The van der Waals surface area contributed by atoms with Crippen LogP contribution in [0.4, 0.5) is 0 Å². The summed E-state index contributed by atoms with van der Waals surface area (Å²) in [7, 11) is 0. The number of unbranched alkanes of at least 4 members (excludes halogenated alkanes) is 1. The molecule has 3 aromatic carbocycles.